The first kappa shape index (κ1) is 36.6. The minimum atomic E-state index is -3.69. The summed E-state index contributed by atoms with van der Waals surface area (Å²) in [7, 11) is -1.16. The van der Waals surface area contributed by atoms with E-state index in [1.165, 1.54) is 14.2 Å². The SMILES string of the molecule is COP(=O)(C[C@H](O)[C@H](OCc1ccccc1)[C@@H](OCc1ccccc1)[C@H](OCc1ccccc1)[C@H](O)COCc1ccccc1)OC. The van der Waals surface area contributed by atoms with E-state index in [0.29, 0.717) is 0 Å². The molecule has 0 unspecified atom stereocenters. The summed E-state index contributed by atoms with van der Waals surface area (Å²) in [5.74, 6) is 0. The number of aliphatic hydroxyl groups excluding tert-OH is 2. The predicted molar refractivity (Wildman–Crippen MR) is 180 cm³/mol. The number of hydrogen-bond acceptors (Lipinski definition) is 9. The van der Waals surface area contributed by atoms with Gasteiger partial charge in [-0.15, -0.1) is 0 Å². The number of hydrogen-bond donors (Lipinski definition) is 2. The van der Waals surface area contributed by atoms with Gasteiger partial charge in [0.1, 0.15) is 24.4 Å². The molecule has 0 spiro atoms. The first-order chi connectivity index (χ1) is 22.9. The van der Waals surface area contributed by atoms with E-state index in [2.05, 4.69) is 0 Å². The standard InChI is InChI=1S/C37H45O9P/c1-41-47(40,42-2)28-34(39)36(45-25-31-19-11-5-12-20-31)37(46-26-32-21-13-6-14-22-32)35(44-24-30-17-9-4-10-18-30)33(38)27-43-23-29-15-7-3-8-16-29/h3-22,33-39H,23-28H2,1-2H3/t33-,34+,35-,36+,37+/m1/s1. The molecule has 10 heteroatoms. The maximum Gasteiger partial charge on any atom is 0.332 e. The van der Waals surface area contributed by atoms with Crippen molar-refractivity contribution in [3.05, 3.63) is 144 Å². The smallest absolute Gasteiger partial charge is 0.332 e. The van der Waals surface area contributed by atoms with Crippen LogP contribution in [0.25, 0.3) is 0 Å². The Morgan fingerprint density at radius 1 is 0.511 bits per heavy atom. The second-order valence-corrected chi connectivity index (χ2v) is 13.4. The van der Waals surface area contributed by atoms with E-state index < -0.39 is 38.1 Å². The third-order valence-corrected chi connectivity index (χ3v) is 9.56. The molecular weight excluding hydrogens is 619 g/mol. The molecule has 2 N–H and O–H groups in total. The lowest BCUT2D eigenvalue weighted by Gasteiger charge is -2.38. The lowest BCUT2D eigenvalue weighted by molar-refractivity contribution is -0.203. The molecule has 4 aromatic rings. The minimum Gasteiger partial charge on any atom is -0.390 e. The van der Waals surface area contributed by atoms with Crippen molar-refractivity contribution in [2.75, 3.05) is 27.0 Å². The molecule has 0 aliphatic heterocycles. The van der Waals surface area contributed by atoms with Crippen LogP contribution in [0.2, 0.25) is 0 Å². The van der Waals surface area contributed by atoms with E-state index in [0.717, 1.165) is 22.3 Å². The third-order valence-electron chi connectivity index (χ3n) is 7.63. The highest BCUT2D eigenvalue weighted by Crippen LogP contribution is 2.47. The molecular formula is C37H45O9P. The third kappa shape index (κ3) is 12.1. The first-order valence-electron chi connectivity index (χ1n) is 15.6. The maximum atomic E-state index is 13.2. The van der Waals surface area contributed by atoms with Crippen LogP contribution in [0.5, 0.6) is 0 Å². The molecule has 0 aliphatic carbocycles. The van der Waals surface area contributed by atoms with Crippen molar-refractivity contribution in [1.29, 1.82) is 0 Å². The molecule has 4 rings (SSSR count). The van der Waals surface area contributed by atoms with E-state index in [4.69, 9.17) is 28.0 Å². The lowest BCUT2D eigenvalue weighted by Crippen LogP contribution is -2.54. The van der Waals surface area contributed by atoms with E-state index in [-0.39, 0.29) is 39.2 Å². The van der Waals surface area contributed by atoms with Crippen LogP contribution in [0.1, 0.15) is 22.3 Å². The highest BCUT2D eigenvalue weighted by Gasteiger charge is 2.43. The van der Waals surface area contributed by atoms with Crippen molar-refractivity contribution in [2.45, 2.75) is 56.9 Å². The van der Waals surface area contributed by atoms with Gasteiger partial charge in [-0.3, -0.25) is 4.57 Å². The zero-order valence-corrected chi connectivity index (χ0v) is 27.8. The molecule has 47 heavy (non-hydrogen) atoms. The first-order valence-corrected chi connectivity index (χ1v) is 17.3. The molecule has 0 saturated heterocycles. The Morgan fingerprint density at radius 2 is 0.851 bits per heavy atom. The van der Waals surface area contributed by atoms with Crippen LogP contribution in [0.15, 0.2) is 121 Å². The summed E-state index contributed by atoms with van der Waals surface area (Å²) < 4.78 is 48.8. The second-order valence-electron chi connectivity index (χ2n) is 11.1. The number of ether oxygens (including phenoxy) is 4. The second kappa shape index (κ2) is 19.6. The summed E-state index contributed by atoms with van der Waals surface area (Å²) in [6.45, 7) is 0.557. The molecule has 0 amide bonds. The van der Waals surface area contributed by atoms with Gasteiger partial charge in [0.15, 0.2) is 0 Å². The van der Waals surface area contributed by atoms with Crippen molar-refractivity contribution in [3.63, 3.8) is 0 Å². The van der Waals surface area contributed by atoms with E-state index >= 15 is 0 Å². The monoisotopic (exact) mass is 664 g/mol. The largest absolute Gasteiger partial charge is 0.390 e. The minimum absolute atomic E-state index is 0.0876. The molecule has 5 atom stereocenters. The van der Waals surface area contributed by atoms with Crippen molar-refractivity contribution >= 4 is 7.60 Å². The summed E-state index contributed by atoms with van der Waals surface area (Å²) in [6.07, 6.45) is -6.22. The molecule has 0 radical (unpaired) electrons. The Kier molecular flexibility index (Phi) is 15.3. The van der Waals surface area contributed by atoms with Crippen molar-refractivity contribution in [3.8, 4) is 0 Å². The van der Waals surface area contributed by atoms with Crippen LogP contribution in [0.3, 0.4) is 0 Å². The number of rotatable bonds is 21. The summed E-state index contributed by atoms with van der Waals surface area (Å²) in [5, 5.41) is 23.4. The molecule has 9 nitrogen and oxygen atoms in total. The fraction of sp³-hybridized carbons (Fsp3) is 0.351. The van der Waals surface area contributed by atoms with Crippen LogP contribution in [0.4, 0.5) is 0 Å². The molecule has 252 valence electrons. The van der Waals surface area contributed by atoms with Crippen LogP contribution in [0, 0.1) is 0 Å². The highest BCUT2D eigenvalue weighted by molar-refractivity contribution is 7.53. The van der Waals surface area contributed by atoms with Gasteiger partial charge in [-0.2, -0.15) is 0 Å². The van der Waals surface area contributed by atoms with Crippen LogP contribution in [-0.2, 0) is 59.0 Å². The Labute approximate surface area is 277 Å². The van der Waals surface area contributed by atoms with E-state index in [1.807, 2.05) is 121 Å². The van der Waals surface area contributed by atoms with Gasteiger partial charge in [-0.1, -0.05) is 121 Å². The zero-order chi connectivity index (χ0) is 33.3. The predicted octanol–water partition coefficient (Wildman–Crippen LogP) is 6.17. The normalized spacial score (nSPS) is 15.1. The van der Waals surface area contributed by atoms with Gasteiger partial charge in [0.2, 0.25) is 0 Å². The maximum absolute atomic E-state index is 13.2. The molecule has 0 heterocycles. The number of benzene rings is 4. The van der Waals surface area contributed by atoms with E-state index in [9.17, 15) is 14.8 Å². The average molecular weight is 665 g/mol. The summed E-state index contributed by atoms with van der Waals surface area (Å²) in [5.41, 5.74) is 3.54. The van der Waals surface area contributed by atoms with Crippen LogP contribution in [-0.4, -0.2) is 67.7 Å². The lowest BCUT2D eigenvalue weighted by atomic mass is 9.98. The fourth-order valence-corrected chi connectivity index (χ4v) is 6.16. The summed E-state index contributed by atoms with van der Waals surface area (Å²) >= 11 is 0. The van der Waals surface area contributed by atoms with Crippen LogP contribution >= 0.6 is 7.60 Å². The molecule has 0 aromatic heterocycles. The van der Waals surface area contributed by atoms with Crippen LogP contribution < -0.4 is 0 Å². The molecule has 0 aliphatic rings. The van der Waals surface area contributed by atoms with Crippen molar-refractivity contribution in [2.24, 2.45) is 0 Å². The Morgan fingerprint density at radius 3 is 1.23 bits per heavy atom. The van der Waals surface area contributed by atoms with Gasteiger partial charge in [-0.25, -0.2) is 0 Å². The molecule has 0 fully saturated rings. The fourth-order valence-electron chi connectivity index (χ4n) is 5.05. The molecule has 0 bridgehead atoms. The number of aliphatic hydroxyl groups is 2. The van der Waals surface area contributed by atoms with Gasteiger partial charge < -0.3 is 38.2 Å². The van der Waals surface area contributed by atoms with Crippen molar-refractivity contribution in [1.82, 2.24) is 0 Å². The quantitative estimate of drug-likeness (QED) is 0.101. The van der Waals surface area contributed by atoms with Gasteiger partial charge in [0.05, 0.1) is 45.3 Å². The Hall–Kier alpha value is -3.21. The van der Waals surface area contributed by atoms with E-state index in [1.54, 1.807) is 0 Å². The van der Waals surface area contributed by atoms with Gasteiger partial charge in [-0.05, 0) is 22.3 Å². The highest BCUT2D eigenvalue weighted by atomic mass is 31.2. The van der Waals surface area contributed by atoms with Gasteiger partial charge in [0.25, 0.3) is 0 Å². The van der Waals surface area contributed by atoms with Gasteiger partial charge in [0, 0.05) is 14.2 Å². The van der Waals surface area contributed by atoms with Gasteiger partial charge >= 0.3 is 7.60 Å². The molecule has 4 aromatic carbocycles. The molecule has 0 saturated carbocycles. The Balaban J connectivity index is 1.68. The summed E-state index contributed by atoms with van der Waals surface area (Å²) in [4.78, 5) is 0. The van der Waals surface area contributed by atoms with Crippen molar-refractivity contribution < 1.29 is 42.8 Å². The Bertz CT molecular complexity index is 1440. The topological polar surface area (TPSA) is 113 Å². The zero-order valence-electron chi connectivity index (χ0n) is 26.9. The average Bonchev–Trinajstić information content (AvgIpc) is 3.12. The summed E-state index contributed by atoms with van der Waals surface area (Å²) in [6, 6.07) is 38.2.